The summed E-state index contributed by atoms with van der Waals surface area (Å²) in [5.41, 5.74) is 6.93. The van der Waals surface area contributed by atoms with E-state index >= 15 is 0 Å². The second-order valence-corrected chi connectivity index (χ2v) is 3.81. The summed E-state index contributed by atoms with van der Waals surface area (Å²) in [6, 6.07) is 4.23. The van der Waals surface area contributed by atoms with E-state index in [0.717, 1.165) is 0 Å². The minimum Gasteiger partial charge on any atom is -0.466 e. The molecule has 0 atom stereocenters. The fourth-order valence-corrected chi connectivity index (χ4v) is 1.79. The van der Waals surface area contributed by atoms with Gasteiger partial charge in [0, 0.05) is 6.54 Å². The van der Waals surface area contributed by atoms with Crippen LogP contribution in [-0.4, -0.2) is 22.1 Å². The van der Waals surface area contributed by atoms with Crippen LogP contribution in [0.15, 0.2) is 18.2 Å². The van der Waals surface area contributed by atoms with Crippen molar-refractivity contribution in [2.45, 2.75) is 19.9 Å². The van der Waals surface area contributed by atoms with E-state index in [0.29, 0.717) is 24.2 Å². The number of benzene rings is 1. The van der Waals surface area contributed by atoms with E-state index in [1.807, 2.05) is 0 Å². The number of nitrogen functional groups attached to an aromatic ring is 1. The first kappa shape index (κ1) is 12.3. The summed E-state index contributed by atoms with van der Waals surface area (Å²) in [7, 11) is 0. The molecule has 0 aliphatic heterocycles. The molecule has 0 aliphatic carbocycles. The van der Waals surface area contributed by atoms with Crippen molar-refractivity contribution in [2.75, 3.05) is 12.3 Å². The number of aryl methyl sites for hydroxylation is 1. The number of carbonyl (C=O) groups is 1. The molecule has 0 bridgehead atoms. The van der Waals surface area contributed by atoms with Gasteiger partial charge in [0.25, 0.3) is 0 Å². The molecule has 96 valence electrons. The molecule has 6 heteroatoms. The largest absolute Gasteiger partial charge is 0.466 e. The first-order valence-corrected chi connectivity index (χ1v) is 5.68. The predicted molar refractivity (Wildman–Crippen MR) is 65.4 cm³/mol. The van der Waals surface area contributed by atoms with Crippen LogP contribution >= 0.6 is 0 Å². The van der Waals surface area contributed by atoms with Crippen molar-refractivity contribution in [3.8, 4) is 0 Å². The molecule has 0 radical (unpaired) electrons. The number of hydrogen-bond acceptors (Lipinski definition) is 4. The number of aromatic nitrogens is 2. The van der Waals surface area contributed by atoms with Gasteiger partial charge in [0.05, 0.1) is 24.1 Å². The number of hydrogen-bond donors (Lipinski definition) is 1. The molecule has 0 fully saturated rings. The van der Waals surface area contributed by atoms with Crippen molar-refractivity contribution in [3.05, 3.63) is 24.0 Å². The van der Waals surface area contributed by atoms with Crippen LogP contribution in [0.5, 0.6) is 0 Å². The zero-order valence-electron chi connectivity index (χ0n) is 10.0. The molecule has 5 nitrogen and oxygen atoms in total. The number of carbonyl (C=O) groups excluding carboxylic acids is 1. The number of imidazole rings is 1. The normalized spacial score (nSPS) is 10.8. The van der Waals surface area contributed by atoms with Crippen molar-refractivity contribution < 1.29 is 13.9 Å². The number of halogens is 1. The highest BCUT2D eigenvalue weighted by molar-refractivity contribution is 5.78. The fraction of sp³-hybridized carbons (Fsp3) is 0.333. The number of rotatable bonds is 4. The summed E-state index contributed by atoms with van der Waals surface area (Å²) in [6.45, 7) is 2.41. The molecule has 0 unspecified atom stereocenters. The topological polar surface area (TPSA) is 70.1 Å². The summed E-state index contributed by atoms with van der Waals surface area (Å²) >= 11 is 0. The summed E-state index contributed by atoms with van der Waals surface area (Å²) in [6.07, 6.45) is 0.181. The van der Waals surface area contributed by atoms with Gasteiger partial charge in [-0.05, 0) is 25.1 Å². The molecule has 2 aromatic rings. The average molecular weight is 251 g/mol. The van der Waals surface area contributed by atoms with Gasteiger partial charge in [-0.15, -0.1) is 0 Å². The molecule has 0 spiro atoms. The van der Waals surface area contributed by atoms with E-state index in [9.17, 15) is 9.18 Å². The first-order chi connectivity index (χ1) is 8.61. The van der Waals surface area contributed by atoms with Crippen molar-refractivity contribution in [3.63, 3.8) is 0 Å². The Kier molecular flexibility index (Phi) is 3.45. The average Bonchev–Trinajstić information content (AvgIpc) is 2.62. The number of nitrogens with zero attached hydrogens (tertiary/aromatic N) is 2. The lowest BCUT2D eigenvalue weighted by Gasteiger charge is -2.06. The highest BCUT2D eigenvalue weighted by atomic mass is 19.1. The van der Waals surface area contributed by atoms with Crippen LogP contribution in [0.1, 0.15) is 13.3 Å². The minimum atomic E-state index is -0.361. The zero-order chi connectivity index (χ0) is 13.1. The van der Waals surface area contributed by atoms with Crippen LogP contribution in [0.3, 0.4) is 0 Å². The summed E-state index contributed by atoms with van der Waals surface area (Å²) in [4.78, 5) is 15.4. The Balaban J connectivity index is 2.24. The summed E-state index contributed by atoms with van der Waals surface area (Å²) in [5.74, 6) is -0.408. The molecule has 1 aromatic carbocycles. The molecule has 2 N–H and O–H groups in total. The van der Waals surface area contributed by atoms with Crippen molar-refractivity contribution in [1.82, 2.24) is 9.55 Å². The van der Waals surface area contributed by atoms with Crippen LogP contribution in [0.2, 0.25) is 0 Å². The van der Waals surface area contributed by atoms with Gasteiger partial charge in [-0.3, -0.25) is 4.79 Å². The monoisotopic (exact) mass is 251 g/mol. The number of nitrogens with two attached hydrogens (primary N) is 1. The van der Waals surface area contributed by atoms with Gasteiger partial charge in [0.15, 0.2) is 0 Å². The van der Waals surface area contributed by atoms with E-state index < -0.39 is 0 Å². The molecule has 1 aromatic heterocycles. The van der Waals surface area contributed by atoms with Crippen LogP contribution in [0.4, 0.5) is 10.3 Å². The van der Waals surface area contributed by atoms with E-state index in [2.05, 4.69) is 4.98 Å². The number of anilines is 1. The second kappa shape index (κ2) is 5.03. The van der Waals surface area contributed by atoms with Crippen LogP contribution in [0.25, 0.3) is 11.0 Å². The molecule has 1 heterocycles. The summed E-state index contributed by atoms with van der Waals surface area (Å²) in [5, 5.41) is 0. The highest BCUT2D eigenvalue weighted by Gasteiger charge is 2.10. The van der Waals surface area contributed by atoms with E-state index in [1.54, 1.807) is 17.6 Å². The van der Waals surface area contributed by atoms with Gasteiger partial charge in [-0.1, -0.05) is 0 Å². The highest BCUT2D eigenvalue weighted by Crippen LogP contribution is 2.19. The van der Waals surface area contributed by atoms with Crippen molar-refractivity contribution in [1.29, 1.82) is 0 Å². The third-order valence-electron chi connectivity index (χ3n) is 2.58. The number of esters is 1. The Morgan fingerprint density at radius 2 is 2.33 bits per heavy atom. The molecule has 2 rings (SSSR count). The lowest BCUT2D eigenvalue weighted by atomic mass is 10.3. The van der Waals surface area contributed by atoms with E-state index in [1.165, 1.54) is 12.1 Å². The Morgan fingerprint density at radius 1 is 1.56 bits per heavy atom. The smallest absolute Gasteiger partial charge is 0.307 e. The molecule has 0 aliphatic rings. The van der Waals surface area contributed by atoms with Gasteiger partial charge in [-0.2, -0.15) is 0 Å². The summed E-state index contributed by atoms with van der Waals surface area (Å²) < 4.78 is 19.6. The maximum Gasteiger partial charge on any atom is 0.307 e. The number of fused-ring (bicyclic) bond motifs is 1. The SMILES string of the molecule is CCOC(=O)CCn1c(N)nc2ccc(F)cc21. The van der Waals surface area contributed by atoms with Crippen LogP contribution < -0.4 is 5.73 Å². The van der Waals surface area contributed by atoms with Crippen molar-refractivity contribution >= 4 is 23.0 Å². The van der Waals surface area contributed by atoms with Gasteiger partial charge >= 0.3 is 5.97 Å². The van der Waals surface area contributed by atoms with Crippen LogP contribution in [0, 0.1) is 5.82 Å². The fourth-order valence-electron chi connectivity index (χ4n) is 1.79. The molecule has 18 heavy (non-hydrogen) atoms. The molecule has 0 saturated heterocycles. The first-order valence-electron chi connectivity index (χ1n) is 5.68. The van der Waals surface area contributed by atoms with Crippen molar-refractivity contribution in [2.24, 2.45) is 0 Å². The molecule has 0 saturated carbocycles. The lowest BCUT2D eigenvalue weighted by molar-refractivity contribution is -0.143. The lowest BCUT2D eigenvalue weighted by Crippen LogP contribution is -2.10. The maximum absolute atomic E-state index is 13.2. The van der Waals surface area contributed by atoms with Gasteiger partial charge in [0.2, 0.25) is 5.95 Å². The maximum atomic E-state index is 13.2. The van der Waals surface area contributed by atoms with E-state index in [-0.39, 0.29) is 24.2 Å². The second-order valence-electron chi connectivity index (χ2n) is 3.81. The predicted octanol–water partition coefficient (Wildman–Crippen LogP) is 1.71. The molecule has 0 amide bonds. The molecular formula is C12H14FN3O2. The van der Waals surface area contributed by atoms with Gasteiger partial charge < -0.3 is 15.0 Å². The quantitative estimate of drug-likeness (QED) is 0.840. The Labute approximate surface area is 103 Å². The Bertz CT molecular complexity index is 580. The number of ether oxygens (including phenoxy) is 1. The third kappa shape index (κ3) is 2.42. The Hall–Kier alpha value is -2.11. The van der Waals surface area contributed by atoms with E-state index in [4.69, 9.17) is 10.5 Å². The Morgan fingerprint density at radius 3 is 3.06 bits per heavy atom. The molecular weight excluding hydrogens is 237 g/mol. The minimum absolute atomic E-state index is 0.181. The van der Waals surface area contributed by atoms with Crippen LogP contribution in [-0.2, 0) is 16.1 Å². The van der Waals surface area contributed by atoms with Gasteiger partial charge in [-0.25, -0.2) is 9.37 Å². The van der Waals surface area contributed by atoms with Gasteiger partial charge in [0.1, 0.15) is 5.82 Å². The standard InChI is InChI=1S/C12H14FN3O2/c1-2-18-11(17)5-6-16-10-7-8(13)3-4-9(10)15-12(16)14/h3-4,7H,2,5-6H2,1H3,(H2,14,15). The zero-order valence-corrected chi connectivity index (χ0v) is 10.0. The third-order valence-corrected chi connectivity index (χ3v) is 2.58.